The molecule has 0 spiro atoms. The van der Waals surface area contributed by atoms with Crippen molar-refractivity contribution >= 4 is 20.7 Å². The molecule has 0 saturated heterocycles. The average Bonchev–Trinajstić information content (AvgIpc) is 2.30. The van der Waals surface area contributed by atoms with Gasteiger partial charge in [0, 0.05) is 5.75 Å². The van der Waals surface area contributed by atoms with Crippen LogP contribution in [0.15, 0.2) is 0 Å². The Labute approximate surface area is 192 Å². The molecule has 0 aliphatic carbocycles. The van der Waals surface area contributed by atoms with Crippen molar-refractivity contribution in [2.75, 3.05) is 5.75 Å². The molecule has 0 aromatic rings. The summed E-state index contributed by atoms with van der Waals surface area (Å²) in [5, 5.41) is 0. The van der Waals surface area contributed by atoms with Gasteiger partial charge in [-0.25, -0.2) is 8.42 Å². The van der Waals surface area contributed by atoms with E-state index in [4.69, 9.17) is 17.4 Å². The standard InChI is InChI=1S/C13H27O4S.2Na.O3S/c1-4-5-6-7-8-9-10-12(2)17-13(3)11-18(14,15)16;;;1-4(2)3/h12-13H,3-11H2,1-2H3,(H,14,15,16);;;/q-1;2*+1;/p-1. The smallest absolute Gasteiger partial charge is 0.748 e. The molecule has 2 unspecified atom stereocenters. The van der Waals surface area contributed by atoms with Crippen molar-refractivity contribution in [3.05, 3.63) is 6.92 Å². The molecule has 134 valence electrons. The molecule has 0 N–H and O–H groups in total. The van der Waals surface area contributed by atoms with E-state index in [1.54, 1.807) is 0 Å². The third-order valence-corrected chi connectivity index (χ3v) is 3.56. The molecule has 0 rings (SSSR count). The second-order valence-corrected chi connectivity index (χ2v) is 6.91. The van der Waals surface area contributed by atoms with E-state index in [1.807, 2.05) is 6.92 Å². The zero-order valence-corrected chi connectivity index (χ0v) is 20.8. The summed E-state index contributed by atoms with van der Waals surface area (Å²) in [6, 6.07) is 0. The van der Waals surface area contributed by atoms with Gasteiger partial charge in [-0.3, -0.25) is 0 Å². The molecule has 0 saturated carbocycles. The largest absolute Gasteiger partial charge is 1.00 e. The second-order valence-electron chi connectivity index (χ2n) is 5.05. The Bertz CT molecular complexity index is 459. The minimum absolute atomic E-state index is 0. The van der Waals surface area contributed by atoms with E-state index in [-0.39, 0.29) is 65.2 Å². The average molecular weight is 404 g/mol. The predicted molar refractivity (Wildman–Crippen MR) is 81.9 cm³/mol. The molecule has 11 heteroatoms. The van der Waals surface area contributed by atoms with Crippen LogP contribution in [0.3, 0.4) is 0 Å². The van der Waals surface area contributed by atoms with Crippen LogP contribution >= 0.6 is 0 Å². The third kappa shape index (κ3) is 34.8. The Morgan fingerprint density at radius 1 is 1.04 bits per heavy atom. The summed E-state index contributed by atoms with van der Waals surface area (Å²) in [7, 11) is -7.35. The first-order chi connectivity index (χ1) is 10.1. The van der Waals surface area contributed by atoms with Gasteiger partial charge in [-0.1, -0.05) is 51.6 Å². The summed E-state index contributed by atoms with van der Waals surface area (Å²) in [4.78, 5) is 0. The molecule has 0 fully saturated rings. The fourth-order valence-corrected chi connectivity index (χ4v) is 2.41. The Morgan fingerprint density at radius 3 is 1.88 bits per heavy atom. The van der Waals surface area contributed by atoms with Gasteiger partial charge in [0.2, 0.25) is 0 Å². The van der Waals surface area contributed by atoms with Gasteiger partial charge in [-0.05, 0) is 13.3 Å². The van der Waals surface area contributed by atoms with Crippen molar-refractivity contribution in [2.24, 2.45) is 0 Å². The van der Waals surface area contributed by atoms with Gasteiger partial charge in [0.05, 0.1) is 16.2 Å². The minimum atomic E-state index is -4.24. The van der Waals surface area contributed by atoms with Gasteiger partial charge < -0.3 is 16.2 Å². The molecule has 7 nitrogen and oxygen atoms in total. The van der Waals surface area contributed by atoms with Gasteiger partial charge in [0.1, 0.15) is 0 Å². The van der Waals surface area contributed by atoms with Crippen molar-refractivity contribution < 1.29 is 89.4 Å². The van der Waals surface area contributed by atoms with Gasteiger partial charge >= 0.3 is 69.7 Å². The Morgan fingerprint density at radius 2 is 1.46 bits per heavy atom. The number of hydrogen-bond acceptors (Lipinski definition) is 7. The minimum Gasteiger partial charge on any atom is -0.748 e. The number of rotatable bonds is 11. The van der Waals surface area contributed by atoms with Crippen LogP contribution in [0.25, 0.3) is 0 Å². The Balaban J connectivity index is -0.000000298. The maximum absolute atomic E-state index is 10.5. The summed E-state index contributed by atoms with van der Waals surface area (Å²) >= 11 is 0. The fraction of sp³-hybridized carbons (Fsp3) is 0.923. The zero-order valence-electron chi connectivity index (χ0n) is 15.2. The Hall–Kier alpha value is 1.49. The van der Waals surface area contributed by atoms with Crippen LogP contribution in [0.1, 0.15) is 58.8 Å². The normalized spacial score (nSPS) is 12.7. The van der Waals surface area contributed by atoms with E-state index in [9.17, 15) is 13.0 Å². The van der Waals surface area contributed by atoms with E-state index < -0.39 is 32.6 Å². The molecular formula is C13H26Na2O7S2. The van der Waals surface area contributed by atoms with E-state index in [0.29, 0.717) is 0 Å². The van der Waals surface area contributed by atoms with E-state index in [2.05, 4.69) is 13.8 Å². The first kappa shape index (κ1) is 33.1. The molecule has 0 aromatic carbocycles. The molecule has 0 amide bonds. The van der Waals surface area contributed by atoms with E-state index >= 15 is 0 Å². The summed E-state index contributed by atoms with van der Waals surface area (Å²) in [5.74, 6) is -0.548. The van der Waals surface area contributed by atoms with Crippen LogP contribution in [0, 0.1) is 6.92 Å². The zero-order chi connectivity index (χ0) is 17.6. The van der Waals surface area contributed by atoms with Crippen LogP contribution in [-0.4, -0.2) is 43.6 Å². The molecular weight excluding hydrogens is 378 g/mol. The van der Waals surface area contributed by atoms with Crippen molar-refractivity contribution in [2.45, 2.75) is 71.0 Å². The first-order valence-electron chi connectivity index (χ1n) is 7.27. The van der Waals surface area contributed by atoms with Crippen LogP contribution in [0.5, 0.6) is 0 Å². The van der Waals surface area contributed by atoms with Crippen molar-refractivity contribution in [3.8, 4) is 0 Å². The van der Waals surface area contributed by atoms with Crippen molar-refractivity contribution in [3.63, 3.8) is 0 Å². The molecule has 0 aromatic heterocycles. The Kier molecular flexibility index (Phi) is 28.7. The molecule has 0 heterocycles. The fourth-order valence-electron chi connectivity index (χ4n) is 1.88. The van der Waals surface area contributed by atoms with Gasteiger partial charge in [-0.2, -0.15) is 0 Å². The van der Waals surface area contributed by atoms with Gasteiger partial charge in [0.25, 0.3) is 0 Å². The van der Waals surface area contributed by atoms with Crippen LogP contribution in [-0.2, 0) is 25.5 Å². The number of ether oxygens (including phenoxy) is 1. The molecule has 0 aliphatic rings. The van der Waals surface area contributed by atoms with E-state index in [0.717, 1.165) is 12.8 Å². The van der Waals surface area contributed by atoms with E-state index in [1.165, 1.54) is 32.1 Å². The summed E-state index contributed by atoms with van der Waals surface area (Å²) < 4.78 is 62.2. The maximum Gasteiger partial charge on any atom is 1.00 e. The molecule has 0 radical (unpaired) electrons. The molecule has 2 atom stereocenters. The van der Waals surface area contributed by atoms with Crippen LogP contribution < -0.4 is 59.1 Å². The second kappa shape index (κ2) is 20.8. The van der Waals surface area contributed by atoms with Gasteiger partial charge in [-0.15, -0.1) is 12.6 Å². The quantitative estimate of drug-likeness (QED) is 0.149. The summed E-state index contributed by atoms with van der Waals surface area (Å²) in [6.45, 7) is 7.61. The summed E-state index contributed by atoms with van der Waals surface area (Å²) in [5.41, 5.74) is 0. The molecule has 0 bridgehead atoms. The van der Waals surface area contributed by atoms with Crippen LogP contribution in [0.2, 0.25) is 0 Å². The van der Waals surface area contributed by atoms with Crippen LogP contribution in [0.4, 0.5) is 0 Å². The maximum atomic E-state index is 10.5. The number of unbranched alkanes of at least 4 members (excludes halogenated alkanes) is 5. The number of hydrogen-bond donors (Lipinski definition) is 0. The summed E-state index contributed by atoms with van der Waals surface area (Å²) in [6.07, 6.45) is 7.37. The van der Waals surface area contributed by atoms with Crippen molar-refractivity contribution in [1.29, 1.82) is 0 Å². The molecule has 0 aliphatic heterocycles. The monoisotopic (exact) mass is 404 g/mol. The first-order valence-corrected chi connectivity index (χ1v) is 9.85. The topological polar surface area (TPSA) is 118 Å². The predicted octanol–water partition coefficient (Wildman–Crippen LogP) is -4.11. The SMILES string of the molecule is O=S(=O)=O.[CH2-]C(CS(=O)(=O)[O-])OC(C)CCCCCCCC.[Na+].[Na+]. The third-order valence-electron chi connectivity index (χ3n) is 2.78. The molecule has 24 heavy (non-hydrogen) atoms. The van der Waals surface area contributed by atoms with Gasteiger partial charge in [0.15, 0.2) is 0 Å². The van der Waals surface area contributed by atoms with Crippen molar-refractivity contribution in [1.82, 2.24) is 0 Å².